The summed E-state index contributed by atoms with van der Waals surface area (Å²) in [5.41, 5.74) is 6.58. The monoisotopic (exact) mass is 251 g/mol. The molecule has 0 spiro atoms. The molecule has 2 heterocycles. The van der Waals surface area contributed by atoms with Gasteiger partial charge < -0.3 is 16.4 Å². The number of amides is 1. The van der Waals surface area contributed by atoms with E-state index in [0.717, 1.165) is 38.3 Å². The number of hydrogen-bond donors (Lipinski definition) is 3. The fourth-order valence-electron chi connectivity index (χ4n) is 2.48. The summed E-state index contributed by atoms with van der Waals surface area (Å²) >= 11 is 0. The fourth-order valence-corrected chi connectivity index (χ4v) is 2.48. The number of aromatic nitrogens is 2. The molecule has 0 aromatic carbocycles. The summed E-state index contributed by atoms with van der Waals surface area (Å²) in [5, 5.41) is 10.9. The molecule has 6 heteroatoms. The Morgan fingerprint density at radius 2 is 2.22 bits per heavy atom. The van der Waals surface area contributed by atoms with Gasteiger partial charge >= 0.3 is 0 Å². The molecule has 1 fully saturated rings. The normalized spacial score (nSPS) is 16.8. The smallest absolute Gasteiger partial charge is 0.254 e. The van der Waals surface area contributed by atoms with Crippen LogP contribution in [0.5, 0.6) is 0 Å². The molecule has 6 nitrogen and oxygen atoms in total. The number of nitrogens with zero attached hydrogens (tertiary/aromatic N) is 2. The van der Waals surface area contributed by atoms with E-state index in [1.165, 1.54) is 0 Å². The average Bonchev–Trinajstić information content (AvgIpc) is 2.62. The molecule has 2 rings (SSSR count). The van der Waals surface area contributed by atoms with Gasteiger partial charge in [0.2, 0.25) is 0 Å². The predicted octanol–water partition coefficient (Wildman–Crippen LogP) is 0.239. The summed E-state index contributed by atoms with van der Waals surface area (Å²) < 4.78 is 1.69. The van der Waals surface area contributed by atoms with Crippen molar-refractivity contribution in [1.29, 1.82) is 0 Å². The number of primary amides is 1. The van der Waals surface area contributed by atoms with Crippen LogP contribution in [0.1, 0.15) is 28.9 Å². The van der Waals surface area contributed by atoms with Crippen LogP contribution in [0.2, 0.25) is 0 Å². The Bertz CT molecular complexity index is 434. The highest BCUT2D eigenvalue weighted by Crippen LogP contribution is 2.20. The van der Waals surface area contributed by atoms with Gasteiger partial charge in [0.15, 0.2) is 0 Å². The van der Waals surface area contributed by atoms with Gasteiger partial charge in [-0.15, -0.1) is 0 Å². The minimum absolute atomic E-state index is 0.423. The van der Waals surface area contributed by atoms with Gasteiger partial charge in [-0.05, 0) is 38.8 Å². The van der Waals surface area contributed by atoms with E-state index in [2.05, 4.69) is 15.7 Å². The van der Waals surface area contributed by atoms with E-state index < -0.39 is 5.91 Å². The van der Waals surface area contributed by atoms with E-state index in [1.807, 2.05) is 7.05 Å². The van der Waals surface area contributed by atoms with Crippen molar-refractivity contribution in [2.75, 3.05) is 25.0 Å². The van der Waals surface area contributed by atoms with E-state index in [1.54, 1.807) is 11.6 Å². The van der Waals surface area contributed by atoms with Gasteiger partial charge in [0.05, 0.1) is 5.69 Å². The lowest BCUT2D eigenvalue weighted by Crippen LogP contribution is -2.31. The predicted molar refractivity (Wildman–Crippen MR) is 70.5 cm³/mol. The highest BCUT2D eigenvalue weighted by molar-refractivity contribution is 5.98. The van der Waals surface area contributed by atoms with Crippen LogP contribution in [0.15, 0.2) is 0 Å². The average molecular weight is 251 g/mol. The lowest BCUT2D eigenvalue weighted by molar-refractivity contribution is 0.100. The first kappa shape index (κ1) is 12.9. The van der Waals surface area contributed by atoms with Gasteiger partial charge in [0.1, 0.15) is 11.4 Å². The van der Waals surface area contributed by atoms with Crippen LogP contribution in [-0.2, 0) is 7.05 Å². The fraction of sp³-hybridized carbons (Fsp3) is 0.667. The van der Waals surface area contributed by atoms with Crippen LogP contribution in [-0.4, -0.2) is 35.3 Å². The van der Waals surface area contributed by atoms with Crippen LogP contribution in [0.3, 0.4) is 0 Å². The Morgan fingerprint density at radius 1 is 1.56 bits per heavy atom. The maximum absolute atomic E-state index is 11.4. The molecule has 0 unspecified atom stereocenters. The van der Waals surface area contributed by atoms with Gasteiger partial charge in [-0.2, -0.15) is 5.10 Å². The van der Waals surface area contributed by atoms with Crippen LogP contribution in [0.4, 0.5) is 5.82 Å². The number of carbonyl (C=O) groups is 1. The van der Waals surface area contributed by atoms with Crippen molar-refractivity contribution in [3.8, 4) is 0 Å². The van der Waals surface area contributed by atoms with Gasteiger partial charge in [-0.1, -0.05) is 0 Å². The Balaban J connectivity index is 2.06. The van der Waals surface area contributed by atoms with E-state index >= 15 is 0 Å². The molecule has 1 saturated heterocycles. The van der Waals surface area contributed by atoms with Crippen molar-refractivity contribution in [3.63, 3.8) is 0 Å². The second-order valence-electron chi connectivity index (χ2n) is 4.87. The van der Waals surface area contributed by atoms with Crippen molar-refractivity contribution < 1.29 is 4.79 Å². The first-order chi connectivity index (χ1) is 8.59. The standard InChI is InChI=1S/C12H21N5O/c1-8-10(11(13)18)12(17(2)16-8)15-7-9-3-5-14-6-4-9/h9,14-15H,3-7H2,1-2H3,(H2,13,18). The third kappa shape index (κ3) is 2.64. The summed E-state index contributed by atoms with van der Waals surface area (Å²) in [7, 11) is 1.82. The van der Waals surface area contributed by atoms with Gasteiger partial charge in [0, 0.05) is 13.6 Å². The van der Waals surface area contributed by atoms with Gasteiger partial charge in [-0.3, -0.25) is 9.48 Å². The molecule has 0 aliphatic carbocycles. The minimum atomic E-state index is -0.423. The quantitative estimate of drug-likeness (QED) is 0.715. The zero-order valence-electron chi connectivity index (χ0n) is 11.0. The second-order valence-corrected chi connectivity index (χ2v) is 4.87. The molecular formula is C12H21N5O. The molecule has 4 N–H and O–H groups in total. The van der Waals surface area contributed by atoms with Crippen LogP contribution in [0.25, 0.3) is 0 Å². The number of aryl methyl sites for hydroxylation is 2. The van der Waals surface area contributed by atoms with E-state index in [9.17, 15) is 4.79 Å². The molecule has 100 valence electrons. The highest BCUT2D eigenvalue weighted by Gasteiger charge is 2.19. The SMILES string of the molecule is Cc1nn(C)c(NCC2CCNCC2)c1C(N)=O. The molecule has 1 aliphatic rings. The Hall–Kier alpha value is -1.56. The Kier molecular flexibility index (Phi) is 3.86. The molecule has 18 heavy (non-hydrogen) atoms. The van der Waals surface area contributed by atoms with Crippen molar-refractivity contribution in [2.45, 2.75) is 19.8 Å². The number of nitrogens with one attached hydrogen (secondary N) is 2. The molecule has 0 atom stereocenters. The number of nitrogens with two attached hydrogens (primary N) is 1. The molecule has 0 radical (unpaired) electrons. The Labute approximate surface area is 107 Å². The first-order valence-electron chi connectivity index (χ1n) is 6.37. The minimum Gasteiger partial charge on any atom is -0.369 e. The van der Waals surface area contributed by atoms with Crippen LogP contribution >= 0.6 is 0 Å². The second kappa shape index (κ2) is 5.39. The van der Waals surface area contributed by atoms with Crippen LogP contribution < -0.4 is 16.4 Å². The van der Waals surface area contributed by atoms with Crippen molar-refractivity contribution >= 4 is 11.7 Å². The van der Waals surface area contributed by atoms with E-state index in [0.29, 0.717) is 17.2 Å². The zero-order chi connectivity index (χ0) is 13.1. The number of piperidine rings is 1. The number of carbonyl (C=O) groups excluding carboxylic acids is 1. The number of anilines is 1. The molecule has 1 aliphatic heterocycles. The Morgan fingerprint density at radius 3 is 2.83 bits per heavy atom. The molecule has 1 amide bonds. The van der Waals surface area contributed by atoms with Crippen molar-refractivity contribution in [3.05, 3.63) is 11.3 Å². The summed E-state index contributed by atoms with van der Waals surface area (Å²) in [6.07, 6.45) is 2.32. The highest BCUT2D eigenvalue weighted by atomic mass is 16.1. The van der Waals surface area contributed by atoms with Gasteiger partial charge in [-0.25, -0.2) is 0 Å². The van der Waals surface area contributed by atoms with Gasteiger partial charge in [0.25, 0.3) is 5.91 Å². The summed E-state index contributed by atoms with van der Waals surface area (Å²) in [5.74, 6) is 0.953. The largest absolute Gasteiger partial charge is 0.369 e. The molecule has 1 aromatic rings. The number of rotatable bonds is 4. The first-order valence-corrected chi connectivity index (χ1v) is 6.37. The molecule has 1 aromatic heterocycles. The zero-order valence-corrected chi connectivity index (χ0v) is 11.0. The molecular weight excluding hydrogens is 230 g/mol. The summed E-state index contributed by atoms with van der Waals surface area (Å²) in [6.45, 7) is 4.80. The van der Waals surface area contributed by atoms with E-state index in [4.69, 9.17) is 5.73 Å². The van der Waals surface area contributed by atoms with E-state index in [-0.39, 0.29) is 0 Å². The number of hydrogen-bond acceptors (Lipinski definition) is 4. The molecule has 0 saturated carbocycles. The van der Waals surface area contributed by atoms with Crippen LogP contribution in [0, 0.1) is 12.8 Å². The topological polar surface area (TPSA) is 85.0 Å². The third-order valence-electron chi connectivity index (χ3n) is 3.49. The lowest BCUT2D eigenvalue weighted by Gasteiger charge is -2.23. The maximum atomic E-state index is 11.4. The van der Waals surface area contributed by atoms with Crippen molar-refractivity contribution in [1.82, 2.24) is 15.1 Å². The third-order valence-corrected chi connectivity index (χ3v) is 3.49. The summed E-state index contributed by atoms with van der Waals surface area (Å²) in [4.78, 5) is 11.4. The summed E-state index contributed by atoms with van der Waals surface area (Å²) in [6, 6.07) is 0. The maximum Gasteiger partial charge on any atom is 0.254 e. The molecule has 0 bridgehead atoms. The van der Waals surface area contributed by atoms with Crippen molar-refractivity contribution in [2.24, 2.45) is 18.7 Å². The lowest BCUT2D eigenvalue weighted by atomic mass is 9.98.